The fourth-order valence-corrected chi connectivity index (χ4v) is 2.32. The van der Waals surface area contributed by atoms with Crippen LogP contribution in [0.4, 0.5) is 4.79 Å². The summed E-state index contributed by atoms with van der Waals surface area (Å²) in [5, 5.41) is 9.68. The highest BCUT2D eigenvalue weighted by Crippen LogP contribution is 2.17. The zero-order valence-corrected chi connectivity index (χ0v) is 14.4. The van der Waals surface area contributed by atoms with E-state index in [-0.39, 0.29) is 23.2 Å². The second-order valence-electron chi connectivity index (χ2n) is 6.70. The average Bonchev–Trinajstić information content (AvgIpc) is 2.52. The lowest BCUT2D eigenvalue weighted by Gasteiger charge is -2.35. The zero-order chi connectivity index (χ0) is 17.7. The van der Waals surface area contributed by atoms with Crippen molar-refractivity contribution >= 4 is 11.9 Å². The van der Waals surface area contributed by atoms with Gasteiger partial charge in [-0.1, -0.05) is 12.1 Å². The van der Waals surface area contributed by atoms with Crippen molar-refractivity contribution in [1.82, 2.24) is 9.80 Å². The zero-order valence-electron chi connectivity index (χ0n) is 14.4. The van der Waals surface area contributed by atoms with Crippen LogP contribution in [0, 0.1) is 0 Å². The summed E-state index contributed by atoms with van der Waals surface area (Å²) < 4.78 is 5.35. The minimum atomic E-state index is -0.502. The molecule has 130 valence electrons. The van der Waals surface area contributed by atoms with Gasteiger partial charge < -0.3 is 19.6 Å². The van der Waals surface area contributed by atoms with Crippen LogP contribution < -0.4 is 0 Å². The summed E-state index contributed by atoms with van der Waals surface area (Å²) in [6.07, 6.45) is 2.84. The first-order chi connectivity index (χ1) is 11.3. The first kappa shape index (κ1) is 17.8. The summed E-state index contributed by atoms with van der Waals surface area (Å²) in [5.41, 5.74) is -0.223. The second kappa shape index (κ2) is 7.38. The number of hydrogen-bond donors (Lipinski definition) is 1. The van der Waals surface area contributed by atoms with Gasteiger partial charge in [-0.3, -0.25) is 4.79 Å². The van der Waals surface area contributed by atoms with Crippen molar-refractivity contribution in [2.75, 3.05) is 26.2 Å². The van der Waals surface area contributed by atoms with Crippen molar-refractivity contribution in [3.05, 3.63) is 42.1 Å². The molecule has 1 aromatic rings. The molecule has 0 spiro atoms. The van der Waals surface area contributed by atoms with Gasteiger partial charge in [0.25, 0.3) is 0 Å². The molecule has 1 amide bonds. The van der Waals surface area contributed by atoms with Crippen LogP contribution in [0.5, 0.6) is 5.75 Å². The van der Waals surface area contributed by atoms with Crippen molar-refractivity contribution < 1.29 is 19.4 Å². The molecule has 0 radical (unpaired) electrons. The van der Waals surface area contributed by atoms with Gasteiger partial charge in [0.1, 0.15) is 11.4 Å². The van der Waals surface area contributed by atoms with Crippen LogP contribution in [0.1, 0.15) is 31.1 Å². The molecule has 1 saturated heterocycles. The predicted octanol–water partition coefficient (Wildman–Crippen LogP) is 2.64. The summed E-state index contributed by atoms with van der Waals surface area (Å²) in [4.78, 5) is 27.7. The van der Waals surface area contributed by atoms with Crippen molar-refractivity contribution in [3.8, 4) is 5.75 Å². The van der Waals surface area contributed by atoms with Crippen LogP contribution in [0.15, 0.2) is 36.5 Å². The number of ether oxygens (including phenoxy) is 1. The lowest BCUT2D eigenvalue weighted by Crippen LogP contribution is -2.48. The molecule has 0 aromatic heterocycles. The molecular formula is C18H24N2O4. The number of carbonyl (C=O) groups excluding carboxylic acids is 2. The minimum Gasteiger partial charge on any atom is -0.507 e. The van der Waals surface area contributed by atoms with Gasteiger partial charge >= 0.3 is 6.09 Å². The van der Waals surface area contributed by atoms with E-state index >= 15 is 0 Å². The number of rotatable bonds is 3. The van der Waals surface area contributed by atoms with E-state index in [0.29, 0.717) is 26.2 Å². The Labute approximate surface area is 142 Å². The number of piperazine rings is 1. The molecule has 2 rings (SSSR count). The van der Waals surface area contributed by atoms with E-state index in [1.807, 2.05) is 25.7 Å². The standard InChI is InChI=1S/C18H24N2O4/c1-18(2,3)24-17(23)20-12-10-19(11-13-20)9-8-16(22)14-6-4-5-7-15(14)21/h4-9,21H,10-13H2,1-3H3/b9-8+. The first-order valence-electron chi connectivity index (χ1n) is 7.99. The number of amides is 1. The van der Waals surface area contributed by atoms with Gasteiger partial charge in [-0.25, -0.2) is 4.79 Å². The van der Waals surface area contributed by atoms with Crippen LogP contribution in [-0.4, -0.2) is 58.6 Å². The van der Waals surface area contributed by atoms with Gasteiger partial charge in [-0.2, -0.15) is 0 Å². The summed E-state index contributed by atoms with van der Waals surface area (Å²) in [6.45, 7) is 7.87. The van der Waals surface area contributed by atoms with E-state index < -0.39 is 5.60 Å². The SMILES string of the molecule is CC(C)(C)OC(=O)N1CCN(/C=C/C(=O)c2ccccc2O)CC1. The van der Waals surface area contributed by atoms with E-state index in [4.69, 9.17) is 4.74 Å². The van der Waals surface area contributed by atoms with Crippen LogP contribution in [0.3, 0.4) is 0 Å². The quantitative estimate of drug-likeness (QED) is 0.681. The maximum absolute atomic E-state index is 12.1. The molecule has 6 nitrogen and oxygen atoms in total. The fourth-order valence-electron chi connectivity index (χ4n) is 2.32. The van der Waals surface area contributed by atoms with Crippen molar-refractivity contribution in [2.45, 2.75) is 26.4 Å². The fraction of sp³-hybridized carbons (Fsp3) is 0.444. The molecule has 0 bridgehead atoms. The molecule has 0 aliphatic carbocycles. The molecule has 1 heterocycles. The summed E-state index contributed by atoms with van der Waals surface area (Å²) in [6, 6.07) is 6.45. The molecule has 1 aromatic carbocycles. The third-order valence-corrected chi connectivity index (χ3v) is 3.57. The molecule has 0 unspecified atom stereocenters. The van der Waals surface area contributed by atoms with Gasteiger partial charge in [0, 0.05) is 38.5 Å². The lowest BCUT2D eigenvalue weighted by atomic mass is 10.1. The van der Waals surface area contributed by atoms with E-state index in [2.05, 4.69) is 0 Å². The van der Waals surface area contributed by atoms with Gasteiger partial charge in [0.15, 0.2) is 5.78 Å². The lowest BCUT2D eigenvalue weighted by molar-refractivity contribution is 0.0176. The van der Waals surface area contributed by atoms with Gasteiger partial charge in [0.05, 0.1) is 5.56 Å². The Kier molecular flexibility index (Phi) is 5.49. The highest BCUT2D eigenvalue weighted by atomic mass is 16.6. The smallest absolute Gasteiger partial charge is 0.410 e. The summed E-state index contributed by atoms with van der Waals surface area (Å²) >= 11 is 0. The van der Waals surface area contributed by atoms with Crippen LogP contribution in [-0.2, 0) is 4.74 Å². The Balaban J connectivity index is 1.86. The number of phenolic OH excluding ortho intramolecular Hbond substituents is 1. The number of ketones is 1. The number of aromatic hydroxyl groups is 1. The third kappa shape index (κ3) is 5.01. The maximum Gasteiger partial charge on any atom is 0.410 e. The Morgan fingerprint density at radius 3 is 2.33 bits per heavy atom. The number of benzene rings is 1. The van der Waals surface area contributed by atoms with Crippen molar-refractivity contribution in [2.24, 2.45) is 0 Å². The van der Waals surface area contributed by atoms with Gasteiger partial charge in [-0.05, 0) is 32.9 Å². The number of hydrogen-bond acceptors (Lipinski definition) is 5. The van der Waals surface area contributed by atoms with Crippen LogP contribution >= 0.6 is 0 Å². The molecule has 0 saturated carbocycles. The molecule has 24 heavy (non-hydrogen) atoms. The number of allylic oxidation sites excluding steroid dienone is 1. The minimum absolute atomic E-state index is 0.0260. The number of nitrogens with zero attached hydrogens (tertiary/aromatic N) is 2. The van der Waals surface area contributed by atoms with Gasteiger partial charge in [-0.15, -0.1) is 0 Å². The summed E-state index contributed by atoms with van der Waals surface area (Å²) in [5.74, 6) is -0.274. The normalized spacial score (nSPS) is 15.6. The molecule has 0 atom stereocenters. The van der Waals surface area contributed by atoms with Crippen LogP contribution in [0.2, 0.25) is 0 Å². The van der Waals surface area contributed by atoms with E-state index in [9.17, 15) is 14.7 Å². The predicted molar refractivity (Wildman–Crippen MR) is 91.0 cm³/mol. The molecule has 6 heteroatoms. The van der Waals surface area contributed by atoms with Crippen molar-refractivity contribution in [3.63, 3.8) is 0 Å². The van der Waals surface area contributed by atoms with Crippen molar-refractivity contribution in [1.29, 1.82) is 0 Å². The molecule has 1 aliphatic rings. The van der Waals surface area contributed by atoms with E-state index in [0.717, 1.165) is 0 Å². The molecule has 1 aliphatic heterocycles. The Morgan fingerprint density at radius 1 is 1.12 bits per heavy atom. The summed E-state index contributed by atoms with van der Waals surface area (Å²) in [7, 11) is 0. The largest absolute Gasteiger partial charge is 0.507 e. The number of para-hydroxylation sites is 1. The molecule has 1 fully saturated rings. The monoisotopic (exact) mass is 332 g/mol. The Hall–Kier alpha value is -2.50. The number of carbonyl (C=O) groups is 2. The molecular weight excluding hydrogens is 308 g/mol. The number of phenols is 1. The first-order valence-corrected chi connectivity index (χ1v) is 7.99. The molecule has 1 N–H and O–H groups in total. The highest BCUT2D eigenvalue weighted by molar-refractivity contribution is 6.06. The maximum atomic E-state index is 12.1. The second-order valence-corrected chi connectivity index (χ2v) is 6.70. The van der Waals surface area contributed by atoms with E-state index in [1.165, 1.54) is 12.1 Å². The van der Waals surface area contributed by atoms with Gasteiger partial charge in [0.2, 0.25) is 0 Å². The Morgan fingerprint density at radius 2 is 1.75 bits per heavy atom. The van der Waals surface area contributed by atoms with E-state index in [1.54, 1.807) is 29.3 Å². The topological polar surface area (TPSA) is 70.1 Å². The third-order valence-electron chi connectivity index (χ3n) is 3.57. The van der Waals surface area contributed by atoms with Crippen LogP contribution in [0.25, 0.3) is 0 Å². The average molecular weight is 332 g/mol. The Bertz CT molecular complexity index is 626. The highest BCUT2D eigenvalue weighted by Gasteiger charge is 2.24.